The van der Waals surface area contributed by atoms with Crippen molar-refractivity contribution in [2.75, 3.05) is 12.8 Å². The molecule has 2 aromatic rings. The number of hydrogen-bond acceptors (Lipinski definition) is 5. The Labute approximate surface area is 116 Å². The maximum atomic E-state index is 12.2. The standard InChI is InChI=1S/C14H17N3O3/c1-3-7-17-8-6-16-13(14(17)18)20-12-9-10(15)4-5-11(12)19-2/h4-6,8-9H,3,7,15H2,1-2H3. The molecule has 0 spiro atoms. The van der Waals surface area contributed by atoms with Gasteiger partial charge in [-0.2, -0.15) is 0 Å². The van der Waals surface area contributed by atoms with E-state index >= 15 is 0 Å². The third kappa shape index (κ3) is 2.90. The van der Waals surface area contributed by atoms with Crippen molar-refractivity contribution >= 4 is 5.69 Å². The van der Waals surface area contributed by atoms with Crippen LogP contribution in [0.1, 0.15) is 13.3 Å². The van der Waals surface area contributed by atoms with Crippen molar-refractivity contribution < 1.29 is 9.47 Å². The van der Waals surface area contributed by atoms with Crippen LogP contribution in [0.4, 0.5) is 5.69 Å². The second-order valence-electron chi connectivity index (χ2n) is 4.24. The molecule has 0 bridgehead atoms. The van der Waals surface area contributed by atoms with Gasteiger partial charge in [-0.3, -0.25) is 4.79 Å². The van der Waals surface area contributed by atoms with Gasteiger partial charge in [0, 0.05) is 30.7 Å². The average molecular weight is 275 g/mol. The highest BCUT2D eigenvalue weighted by molar-refractivity contribution is 5.52. The molecule has 0 saturated heterocycles. The van der Waals surface area contributed by atoms with Gasteiger partial charge in [-0.05, 0) is 18.6 Å². The van der Waals surface area contributed by atoms with E-state index in [0.29, 0.717) is 23.7 Å². The van der Waals surface area contributed by atoms with Gasteiger partial charge in [-0.15, -0.1) is 0 Å². The van der Waals surface area contributed by atoms with Crippen molar-refractivity contribution in [3.8, 4) is 17.4 Å². The number of methoxy groups -OCH3 is 1. The van der Waals surface area contributed by atoms with Gasteiger partial charge in [0.25, 0.3) is 5.88 Å². The summed E-state index contributed by atoms with van der Waals surface area (Å²) in [7, 11) is 1.52. The summed E-state index contributed by atoms with van der Waals surface area (Å²) in [5.41, 5.74) is 5.95. The largest absolute Gasteiger partial charge is 0.493 e. The summed E-state index contributed by atoms with van der Waals surface area (Å²) >= 11 is 0. The van der Waals surface area contributed by atoms with Crippen molar-refractivity contribution in [1.82, 2.24) is 9.55 Å². The van der Waals surface area contributed by atoms with E-state index in [-0.39, 0.29) is 11.4 Å². The summed E-state index contributed by atoms with van der Waals surface area (Å²) in [6, 6.07) is 4.97. The van der Waals surface area contributed by atoms with Crippen LogP contribution in [-0.4, -0.2) is 16.7 Å². The van der Waals surface area contributed by atoms with Gasteiger partial charge < -0.3 is 19.8 Å². The molecular formula is C14H17N3O3. The zero-order valence-corrected chi connectivity index (χ0v) is 11.5. The molecule has 0 unspecified atom stereocenters. The van der Waals surface area contributed by atoms with Crippen LogP contribution < -0.4 is 20.8 Å². The minimum Gasteiger partial charge on any atom is -0.493 e. The van der Waals surface area contributed by atoms with Crippen LogP contribution in [0.3, 0.4) is 0 Å². The van der Waals surface area contributed by atoms with Crippen molar-refractivity contribution in [2.45, 2.75) is 19.9 Å². The number of anilines is 1. The number of hydrogen-bond donors (Lipinski definition) is 1. The Bertz CT molecular complexity index is 652. The van der Waals surface area contributed by atoms with E-state index < -0.39 is 0 Å². The molecule has 1 aromatic carbocycles. The summed E-state index contributed by atoms with van der Waals surface area (Å²) in [4.78, 5) is 16.1. The molecule has 2 N–H and O–H groups in total. The third-order valence-electron chi connectivity index (χ3n) is 2.74. The Morgan fingerprint density at radius 2 is 2.15 bits per heavy atom. The lowest BCUT2D eigenvalue weighted by molar-refractivity contribution is 0.370. The molecule has 0 radical (unpaired) electrons. The minimum absolute atomic E-state index is 0.00449. The van der Waals surface area contributed by atoms with E-state index in [9.17, 15) is 4.79 Å². The summed E-state index contributed by atoms with van der Waals surface area (Å²) in [6.07, 6.45) is 4.02. The topological polar surface area (TPSA) is 79.4 Å². The van der Waals surface area contributed by atoms with Gasteiger partial charge in [0.15, 0.2) is 11.5 Å². The molecule has 0 fully saturated rings. The number of nitrogens with two attached hydrogens (primary N) is 1. The predicted octanol–water partition coefficient (Wildman–Crippen LogP) is 2.04. The number of nitrogens with zero attached hydrogens (tertiary/aromatic N) is 2. The van der Waals surface area contributed by atoms with Crippen molar-refractivity contribution in [2.24, 2.45) is 0 Å². The Kier molecular flexibility index (Phi) is 4.24. The molecule has 6 nitrogen and oxygen atoms in total. The van der Waals surface area contributed by atoms with Crippen LogP contribution in [0.5, 0.6) is 17.4 Å². The summed E-state index contributed by atoms with van der Waals surface area (Å²) in [5.74, 6) is 0.863. The van der Waals surface area contributed by atoms with Gasteiger partial charge in [-0.1, -0.05) is 6.92 Å². The average Bonchev–Trinajstić information content (AvgIpc) is 2.44. The number of ether oxygens (including phenoxy) is 2. The van der Waals surface area contributed by atoms with E-state index in [1.807, 2.05) is 6.92 Å². The van der Waals surface area contributed by atoms with Crippen LogP contribution in [0.2, 0.25) is 0 Å². The van der Waals surface area contributed by atoms with Crippen LogP contribution in [-0.2, 0) is 6.54 Å². The molecule has 106 valence electrons. The summed E-state index contributed by atoms with van der Waals surface area (Å²) in [6.45, 7) is 2.61. The third-order valence-corrected chi connectivity index (χ3v) is 2.74. The molecule has 1 heterocycles. The molecule has 0 amide bonds. The smallest absolute Gasteiger partial charge is 0.313 e. The zero-order chi connectivity index (χ0) is 14.5. The van der Waals surface area contributed by atoms with Gasteiger partial charge >= 0.3 is 5.56 Å². The van der Waals surface area contributed by atoms with Crippen molar-refractivity contribution in [3.63, 3.8) is 0 Å². The minimum atomic E-state index is -0.279. The fourth-order valence-corrected chi connectivity index (χ4v) is 1.79. The molecule has 0 aliphatic rings. The van der Waals surface area contributed by atoms with Gasteiger partial charge in [0.1, 0.15) is 0 Å². The Morgan fingerprint density at radius 3 is 2.85 bits per heavy atom. The molecule has 0 aliphatic carbocycles. The first kappa shape index (κ1) is 13.9. The van der Waals surface area contributed by atoms with Crippen molar-refractivity contribution in [1.29, 1.82) is 0 Å². The zero-order valence-electron chi connectivity index (χ0n) is 11.5. The van der Waals surface area contributed by atoms with E-state index in [1.165, 1.54) is 13.3 Å². The second kappa shape index (κ2) is 6.10. The lowest BCUT2D eigenvalue weighted by Gasteiger charge is -2.11. The molecule has 6 heteroatoms. The van der Waals surface area contributed by atoms with Gasteiger partial charge in [0.05, 0.1) is 7.11 Å². The van der Waals surface area contributed by atoms with E-state index in [2.05, 4.69) is 4.98 Å². The lowest BCUT2D eigenvalue weighted by atomic mass is 10.3. The second-order valence-corrected chi connectivity index (χ2v) is 4.24. The quantitative estimate of drug-likeness (QED) is 0.845. The Hall–Kier alpha value is -2.50. The molecule has 1 aromatic heterocycles. The van der Waals surface area contributed by atoms with Crippen LogP contribution in [0.25, 0.3) is 0 Å². The number of benzene rings is 1. The number of aryl methyl sites for hydroxylation is 1. The fraction of sp³-hybridized carbons (Fsp3) is 0.286. The molecular weight excluding hydrogens is 258 g/mol. The maximum absolute atomic E-state index is 12.2. The lowest BCUT2D eigenvalue weighted by Crippen LogP contribution is -2.21. The summed E-state index contributed by atoms with van der Waals surface area (Å²) in [5, 5.41) is 0. The highest BCUT2D eigenvalue weighted by Gasteiger charge is 2.11. The SMILES string of the molecule is CCCn1ccnc(Oc2cc(N)ccc2OC)c1=O. The Morgan fingerprint density at radius 1 is 1.35 bits per heavy atom. The highest BCUT2D eigenvalue weighted by atomic mass is 16.5. The molecule has 0 aliphatic heterocycles. The molecule has 2 rings (SSSR count). The monoisotopic (exact) mass is 275 g/mol. The van der Waals surface area contributed by atoms with Crippen molar-refractivity contribution in [3.05, 3.63) is 40.9 Å². The molecule has 0 atom stereocenters. The van der Waals surface area contributed by atoms with E-state index in [4.69, 9.17) is 15.2 Å². The van der Waals surface area contributed by atoms with E-state index in [1.54, 1.807) is 29.0 Å². The van der Waals surface area contributed by atoms with Crippen LogP contribution in [0.15, 0.2) is 35.4 Å². The summed E-state index contributed by atoms with van der Waals surface area (Å²) < 4.78 is 12.3. The molecule has 20 heavy (non-hydrogen) atoms. The first-order valence-corrected chi connectivity index (χ1v) is 6.32. The van der Waals surface area contributed by atoms with Crippen LogP contribution >= 0.6 is 0 Å². The van der Waals surface area contributed by atoms with Gasteiger partial charge in [-0.25, -0.2) is 4.98 Å². The predicted molar refractivity (Wildman–Crippen MR) is 76.3 cm³/mol. The highest BCUT2D eigenvalue weighted by Crippen LogP contribution is 2.31. The fourth-order valence-electron chi connectivity index (χ4n) is 1.79. The Balaban J connectivity index is 2.37. The number of nitrogen functional groups attached to an aromatic ring is 1. The van der Waals surface area contributed by atoms with E-state index in [0.717, 1.165) is 6.42 Å². The first-order valence-electron chi connectivity index (χ1n) is 6.32. The number of aromatic nitrogens is 2. The van der Waals surface area contributed by atoms with Crippen LogP contribution in [0, 0.1) is 0 Å². The first-order chi connectivity index (χ1) is 9.65. The maximum Gasteiger partial charge on any atom is 0.313 e. The number of rotatable bonds is 5. The van der Waals surface area contributed by atoms with Gasteiger partial charge in [0.2, 0.25) is 0 Å². The molecule has 0 saturated carbocycles. The normalized spacial score (nSPS) is 10.3.